The van der Waals surface area contributed by atoms with Crippen LogP contribution in [0.2, 0.25) is 5.02 Å². The van der Waals surface area contributed by atoms with Gasteiger partial charge in [0.25, 0.3) is 11.8 Å². The number of nitrogens with one attached hydrogen (secondary N) is 2. The third-order valence-corrected chi connectivity index (χ3v) is 3.41. The molecule has 6 heteroatoms. The molecule has 0 aliphatic heterocycles. The topological polar surface area (TPSA) is 71.1 Å². The van der Waals surface area contributed by atoms with E-state index in [0.29, 0.717) is 23.7 Å². The van der Waals surface area contributed by atoms with E-state index in [9.17, 15) is 9.59 Å². The Balaban J connectivity index is 1.99. The lowest BCUT2D eigenvalue weighted by Crippen LogP contribution is -2.26. The van der Waals surface area contributed by atoms with Crippen LogP contribution in [0.15, 0.2) is 42.6 Å². The van der Waals surface area contributed by atoms with Crippen molar-refractivity contribution in [3.05, 3.63) is 64.4 Å². The van der Waals surface area contributed by atoms with E-state index in [1.807, 2.05) is 19.1 Å². The zero-order valence-corrected chi connectivity index (χ0v) is 13.6. The van der Waals surface area contributed by atoms with Crippen molar-refractivity contribution in [1.29, 1.82) is 0 Å². The number of halogens is 1. The van der Waals surface area contributed by atoms with Crippen LogP contribution < -0.4 is 10.6 Å². The first-order valence-electron chi connectivity index (χ1n) is 7.37. The lowest BCUT2D eigenvalue weighted by atomic mass is 10.2. The van der Waals surface area contributed by atoms with E-state index < -0.39 is 0 Å². The smallest absolute Gasteiger partial charge is 0.269 e. The molecule has 0 atom stereocenters. The van der Waals surface area contributed by atoms with Crippen molar-refractivity contribution >= 4 is 23.4 Å². The molecule has 0 saturated heterocycles. The molecular weight excluding hydrogens is 314 g/mol. The van der Waals surface area contributed by atoms with Gasteiger partial charge in [-0.25, -0.2) is 0 Å². The average Bonchev–Trinajstić information content (AvgIpc) is 2.59. The van der Waals surface area contributed by atoms with Gasteiger partial charge in [-0.15, -0.1) is 0 Å². The molecule has 120 valence electrons. The number of hydrogen-bond donors (Lipinski definition) is 2. The highest BCUT2D eigenvalue weighted by atomic mass is 35.5. The van der Waals surface area contributed by atoms with E-state index in [1.54, 1.807) is 18.2 Å². The van der Waals surface area contributed by atoms with Gasteiger partial charge in [0, 0.05) is 29.9 Å². The van der Waals surface area contributed by atoms with Crippen LogP contribution in [0.4, 0.5) is 0 Å². The summed E-state index contributed by atoms with van der Waals surface area (Å²) in [5, 5.41) is 6.18. The van der Waals surface area contributed by atoms with Gasteiger partial charge < -0.3 is 10.6 Å². The molecule has 0 aliphatic rings. The Morgan fingerprint density at radius 2 is 1.83 bits per heavy atom. The van der Waals surface area contributed by atoms with Gasteiger partial charge in [0.1, 0.15) is 5.69 Å². The fourth-order valence-electron chi connectivity index (χ4n) is 1.91. The highest BCUT2D eigenvalue weighted by molar-refractivity contribution is 6.30. The number of carbonyl (C=O) groups is 2. The first-order valence-corrected chi connectivity index (χ1v) is 7.75. The molecule has 0 spiro atoms. The summed E-state index contributed by atoms with van der Waals surface area (Å²) < 4.78 is 0. The van der Waals surface area contributed by atoms with Crippen LogP contribution in [0.5, 0.6) is 0 Å². The highest BCUT2D eigenvalue weighted by Crippen LogP contribution is 2.09. The maximum atomic E-state index is 12.2. The number of benzene rings is 1. The number of aromatic nitrogens is 1. The molecule has 1 aromatic heterocycles. The average molecular weight is 332 g/mol. The summed E-state index contributed by atoms with van der Waals surface area (Å²) in [5.41, 5.74) is 1.57. The molecule has 2 amide bonds. The lowest BCUT2D eigenvalue weighted by molar-refractivity contribution is 0.0948. The molecule has 0 unspecified atom stereocenters. The summed E-state index contributed by atoms with van der Waals surface area (Å²) >= 11 is 5.82. The molecule has 2 N–H and O–H groups in total. The molecule has 2 rings (SSSR count). The Morgan fingerprint density at radius 1 is 1.09 bits per heavy atom. The second kappa shape index (κ2) is 8.29. The number of pyridine rings is 1. The summed E-state index contributed by atoms with van der Waals surface area (Å²) in [5.74, 6) is -0.536. The van der Waals surface area contributed by atoms with E-state index in [4.69, 9.17) is 11.6 Å². The van der Waals surface area contributed by atoms with Gasteiger partial charge >= 0.3 is 0 Å². The number of rotatable bonds is 6. The number of nitrogens with zero attached hydrogens (tertiary/aromatic N) is 1. The van der Waals surface area contributed by atoms with E-state index in [-0.39, 0.29) is 17.5 Å². The van der Waals surface area contributed by atoms with Crippen LogP contribution in [0.25, 0.3) is 0 Å². The van der Waals surface area contributed by atoms with Gasteiger partial charge in [0.15, 0.2) is 0 Å². The molecule has 1 heterocycles. The standard InChI is InChI=1S/C17H18ClN3O2/c1-2-8-20-17(23)15-10-13(7-9-19-15)16(22)21-11-12-3-5-14(18)6-4-12/h3-7,9-10H,2,8,11H2,1H3,(H,20,23)(H,21,22). The normalized spacial score (nSPS) is 10.2. The molecule has 2 aromatic rings. The van der Waals surface area contributed by atoms with Crippen LogP contribution in [0.3, 0.4) is 0 Å². The molecule has 0 aliphatic carbocycles. The molecule has 0 fully saturated rings. The van der Waals surface area contributed by atoms with Crippen molar-refractivity contribution in [3.63, 3.8) is 0 Å². The maximum absolute atomic E-state index is 12.2. The van der Waals surface area contributed by atoms with Gasteiger partial charge in [-0.05, 0) is 36.2 Å². The van der Waals surface area contributed by atoms with E-state index in [0.717, 1.165) is 12.0 Å². The quantitative estimate of drug-likeness (QED) is 0.855. The minimum Gasteiger partial charge on any atom is -0.351 e. The van der Waals surface area contributed by atoms with Crippen LogP contribution in [-0.2, 0) is 6.54 Å². The highest BCUT2D eigenvalue weighted by Gasteiger charge is 2.11. The summed E-state index contributed by atoms with van der Waals surface area (Å²) in [4.78, 5) is 28.0. The fraction of sp³-hybridized carbons (Fsp3) is 0.235. The third kappa shape index (κ3) is 5.07. The van der Waals surface area contributed by atoms with Crippen LogP contribution in [-0.4, -0.2) is 23.3 Å². The Morgan fingerprint density at radius 3 is 2.52 bits per heavy atom. The van der Waals surface area contributed by atoms with Crippen molar-refractivity contribution in [1.82, 2.24) is 15.6 Å². The largest absolute Gasteiger partial charge is 0.351 e. The summed E-state index contributed by atoms with van der Waals surface area (Å²) in [7, 11) is 0. The lowest BCUT2D eigenvalue weighted by Gasteiger charge is -2.07. The fourth-order valence-corrected chi connectivity index (χ4v) is 2.04. The van der Waals surface area contributed by atoms with Gasteiger partial charge in [-0.3, -0.25) is 14.6 Å². The number of amides is 2. The van der Waals surface area contributed by atoms with E-state index in [1.165, 1.54) is 12.3 Å². The summed E-state index contributed by atoms with van der Waals surface area (Å²) in [6.45, 7) is 2.93. The molecule has 23 heavy (non-hydrogen) atoms. The van der Waals surface area contributed by atoms with Crippen molar-refractivity contribution < 1.29 is 9.59 Å². The second-order valence-corrected chi connectivity index (χ2v) is 5.43. The van der Waals surface area contributed by atoms with Crippen molar-refractivity contribution in [3.8, 4) is 0 Å². The van der Waals surface area contributed by atoms with Gasteiger partial charge in [0.05, 0.1) is 0 Å². The third-order valence-electron chi connectivity index (χ3n) is 3.16. The Labute approximate surface area is 140 Å². The molecular formula is C17H18ClN3O2. The van der Waals surface area contributed by atoms with Crippen molar-refractivity contribution in [2.24, 2.45) is 0 Å². The van der Waals surface area contributed by atoms with Crippen LogP contribution in [0, 0.1) is 0 Å². The summed E-state index contributed by atoms with van der Waals surface area (Å²) in [6.07, 6.45) is 2.30. The van der Waals surface area contributed by atoms with Crippen LogP contribution >= 0.6 is 11.6 Å². The second-order valence-electron chi connectivity index (χ2n) is 4.99. The molecule has 5 nitrogen and oxygen atoms in total. The predicted molar refractivity (Wildman–Crippen MR) is 89.5 cm³/mol. The zero-order valence-electron chi connectivity index (χ0n) is 12.8. The molecule has 1 aromatic carbocycles. The molecule has 0 saturated carbocycles. The SMILES string of the molecule is CCCNC(=O)c1cc(C(=O)NCc2ccc(Cl)cc2)ccn1. The monoisotopic (exact) mass is 331 g/mol. The summed E-state index contributed by atoms with van der Waals surface area (Å²) in [6, 6.07) is 10.3. The number of carbonyl (C=O) groups excluding carboxylic acids is 2. The zero-order chi connectivity index (χ0) is 16.7. The minimum atomic E-state index is -0.279. The van der Waals surface area contributed by atoms with Gasteiger partial charge in [-0.2, -0.15) is 0 Å². The van der Waals surface area contributed by atoms with E-state index in [2.05, 4.69) is 15.6 Å². The van der Waals surface area contributed by atoms with Crippen molar-refractivity contribution in [2.75, 3.05) is 6.54 Å². The minimum absolute atomic E-state index is 0.234. The van der Waals surface area contributed by atoms with E-state index >= 15 is 0 Å². The maximum Gasteiger partial charge on any atom is 0.269 e. The first kappa shape index (κ1) is 17.0. The Bertz CT molecular complexity index is 686. The molecule has 0 bridgehead atoms. The predicted octanol–water partition coefficient (Wildman–Crippen LogP) is 2.80. The van der Waals surface area contributed by atoms with Crippen molar-refractivity contribution in [2.45, 2.75) is 19.9 Å². The Hall–Kier alpha value is -2.40. The van der Waals surface area contributed by atoms with Gasteiger partial charge in [-0.1, -0.05) is 30.7 Å². The van der Waals surface area contributed by atoms with Gasteiger partial charge in [0.2, 0.25) is 0 Å². The Kier molecular flexibility index (Phi) is 6.11. The number of hydrogen-bond acceptors (Lipinski definition) is 3. The van der Waals surface area contributed by atoms with Crippen LogP contribution in [0.1, 0.15) is 39.8 Å². The first-order chi connectivity index (χ1) is 11.1. The molecule has 0 radical (unpaired) electrons.